The molecule has 0 atom stereocenters. The summed E-state index contributed by atoms with van der Waals surface area (Å²) in [5.41, 5.74) is 8.17. The van der Waals surface area contributed by atoms with E-state index in [1.807, 2.05) is 18.2 Å². The first-order valence-electron chi connectivity index (χ1n) is 5.03. The Kier molecular flexibility index (Phi) is 3.61. The number of benzene rings is 1. The zero-order chi connectivity index (χ0) is 12.3. The highest BCUT2D eigenvalue weighted by atomic mass is 32.2. The third-order valence-corrected chi connectivity index (χ3v) is 3.04. The Labute approximate surface area is 103 Å². The van der Waals surface area contributed by atoms with Gasteiger partial charge in [0.05, 0.1) is 18.1 Å². The highest BCUT2D eigenvalue weighted by molar-refractivity contribution is 8.17. The summed E-state index contributed by atoms with van der Waals surface area (Å²) in [5.74, 6) is 0. The smallest absolute Gasteiger partial charge is 0.281 e. The van der Waals surface area contributed by atoms with Crippen LogP contribution < -0.4 is 5.73 Å². The Morgan fingerprint density at radius 2 is 2.12 bits per heavy atom. The number of nitrogens with two attached hydrogens (primary N) is 1. The van der Waals surface area contributed by atoms with E-state index in [9.17, 15) is 9.59 Å². The third-order valence-electron chi connectivity index (χ3n) is 2.39. The standard InChI is InChI=1S/C12H11NO3S/c13-12(15)17-11(5-14)4-8-1-2-9-6-16-7-10(9)3-8/h1-5H,6-7H2,(H2,13,15)/b11-4-. The van der Waals surface area contributed by atoms with Gasteiger partial charge in [0, 0.05) is 0 Å². The van der Waals surface area contributed by atoms with Crippen molar-refractivity contribution in [3.05, 3.63) is 39.8 Å². The molecule has 1 heterocycles. The van der Waals surface area contributed by atoms with Crippen LogP contribution >= 0.6 is 11.8 Å². The Hall–Kier alpha value is -1.59. The summed E-state index contributed by atoms with van der Waals surface area (Å²) in [4.78, 5) is 21.8. The molecule has 1 aliphatic rings. The van der Waals surface area contributed by atoms with Crippen LogP contribution in [0.1, 0.15) is 16.7 Å². The van der Waals surface area contributed by atoms with Gasteiger partial charge in [-0.2, -0.15) is 0 Å². The number of carbonyl (C=O) groups is 2. The number of amides is 1. The van der Waals surface area contributed by atoms with E-state index < -0.39 is 5.24 Å². The highest BCUT2D eigenvalue weighted by Crippen LogP contribution is 2.23. The first-order chi connectivity index (χ1) is 8.19. The third kappa shape index (κ3) is 2.95. The second-order valence-electron chi connectivity index (χ2n) is 3.61. The molecule has 0 saturated heterocycles. The molecule has 0 spiro atoms. The molecule has 1 amide bonds. The van der Waals surface area contributed by atoms with Crippen molar-refractivity contribution in [1.29, 1.82) is 0 Å². The van der Waals surface area contributed by atoms with Crippen molar-refractivity contribution in [3.63, 3.8) is 0 Å². The Morgan fingerprint density at radius 3 is 2.82 bits per heavy atom. The number of allylic oxidation sites excluding steroid dienone is 1. The fourth-order valence-electron chi connectivity index (χ4n) is 1.65. The summed E-state index contributed by atoms with van der Waals surface area (Å²) in [6, 6.07) is 5.80. The molecule has 0 fully saturated rings. The number of fused-ring (bicyclic) bond motifs is 1. The summed E-state index contributed by atoms with van der Waals surface area (Å²) in [7, 11) is 0. The van der Waals surface area contributed by atoms with Crippen LogP contribution in [0.3, 0.4) is 0 Å². The number of thioether (sulfide) groups is 1. The maximum Gasteiger partial charge on any atom is 0.281 e. The van der Waals surface area contributed by atoms with Crippen LogP contribution in [-0.2, 0) is 22.7 Å². The number of ether oxygens (including phenoxy) is 1. The molecule has 2 rings (SSSR count). The van der Waals surface area contributed by atoms with Crippen LogP contribution in [-0.4, -0.2) is 11.5 Å². The average molecular weight is 249 g/mol. The van der Waals surface area contributed by atoms with Gasteiger partial charge in [0.2, 0.25) is 0 Å². The highest BCUT2D eigenvalue weighted by Gasteiger charge is 2.11. The minimum atomic E-state index is -0.590. The van der Waals surface area contributed by atoms with E-state index >= 15 is 0 Å². The molecule has 1 aromatic rings. The van der Waals surface area contributed by atoms with Gasteiger partial charge >= 0.3 is 0 Å². The van der Waals surface area contributed by atoms with Gasteiger partial charge in [0.25, 0.3) is 5.24 Å². The van der Waals surface area contributed by atoms with Gasteiger partial charge in [-0.1, -0.05) is 12.1 Å². The molecule has 5 heteroatoms. The molecule has 88 valence electrons. The topological polar surface area (TPSA) is 69.4 Å². The Bertz CT molecular complexity index is 497. The van der Waals surface area contributed by atoms with Crippen molar-refractivity contribution in [3.8, 4) is 0 Å². The zero-order valence-electron chi connectivity index (χ0n) is 9.01. The van der Waals surface area contributed by atoms with Gasteiger partial charge in [-0.3, -0.25) is 9.59 Å². The Balaban J connectivity index is 2.24. The number of primary amides is 1. The lowest BCUT2D eigenvalue weighted by molar-refractivity contribution is -0.104. The number of hydrogen-bond acceptors (Lipinski definition) is 4. The maximum atomic E-state index is 10.8. The molecular formula is C12H11NO3S. The van der Waals surface area contributed by atoms with E-state index in [-0.39, 0.29) is 0 Å². The SMILES string of the molecule is NC(=O)S/C(C=O)=C\c1ccc2c(c1)COC2. The molecule has 0 aromatic heterocycles. The molecular weight excluding hydrogens is 238 g/mol. The number of carbonyl (C=O) groups excluding carboxylic acids is 2. The maximum absolute atomic E-state index is 10.8. The monoisotopic (exact) mass is 249 g/mol. The molecule has 1 aromatic carbocycles. The number of hydrogen-bond donors (Lipinski definition) is 1. The first kappa shape index (κ1) is 11.9. The molecule has 4 nitrogen and oxygen atoms in total. The Morgan fingerprint density at radius 1 is 1.35 bits per heavy atom. The van der Waals surface area contributed by atoms with Crippen molar-refractivity contribution < 1.29 is 14.3 Å². The lowest BCUT2D eigenvalue weighted by atomic mass is 10.1. The number of aldehydes is 1. The summed E-state index contributed by atoms with van der Waals surface area (Å²) >= 11 is 0.728. The van der Waals surface area contributed by atoms with Crippen molar-refractivity contribution in [2.45, 2.75) is 13.2 Å². The van der Waals surface area contributed by atoms with Crippen molar-refractivity contribution in [1.82, 2.24) is 0 Å². The van der Waals surface area contributed by atoms with Gasteiger partial charge in [0.15, 0.2) is 6.29 Å². The van der Waals surface area contributed by atoms with Crippen molar-refractivity contribution >= 4 is 29.4 Å². The van der Waals surface area contributed by atoms with Crippen LogP contribution in [0, 0.1) is 0 Å². The summed E-state index contributed by atoms with van der Waals surface area (Å²) in [6.45, 7) is 1.23. The number of rotatable bonds is 3. The first-order valence-corrected chi connectivity index (χ1v) is 5.84. The van der Waals surface area contributed by atoms with Crippen LogP contribution in [0.2, 0.25) is 0 Å². The predicted octanol–water partition coefficient (Wildman–Crippen LogP) is 2.07. The lowest BCUT2D eigenvalue weighted by Crippen LogP contribution is -2.02. The van der Waals surface area contributed by atoms with Crippen LogP contribution in [0.4, 0.5) is 4.79 Å². The summed E-state index contributed by atoms with van der Waals surface area (Å²) in [5, 5.41) is -0.590. The molecule has 0 bridgehead atoms. The van der Waals surface area contributed by atoms with Crippen LogP contribution in [0.5, 0.6) is 0 Å². The van der Waals surface area contributed by atoms with Gasteiger partial charge in [-0.15, -0.1) is 0 Å². The van der Waals surface area contributed by atoms with E-state index in [0.29, 0.717) is 24.4 Å². The van der Waals surface area contributed by atoms with E-state index in [0.717, 1.165) is 28.5 Å². The molecule has 2 N–H and O–H groups in total. The summed E-state index contributed by atoms with van der Waals surface area (Å²) in [6.07, 6.45) is 2.26. The second kappa shape index (κ2) is 5.16. The fourth-order valence-corrected chi connectivity index (χ4v) is 2.13. The second-order valence-corrected chi connectivity index (χ2v) is 4.68. The van der Waals surface area contributed by atoms with E-state index in [4.69, 9.17) is 10.5 Å². The van der Waals surface area contributed by atoms with Crippen LogP contribution in [0.15, 0.2) is 23.1 Å². The minimum Gasteiger partial charge on any atom is -0.372 e. The average Bonchev–Trinajstić information content (AvgIpc) is 2.74. The molecule has 0 radical (unpaired) electrons. The van der Waals surface area contributed by atoms with Crippen LogP contribution in [0.25, 0.3) is 6.08 Å². The minimum absolute atomic E-state index is 0.302. The molecule has 0 saturated carbocycles. The molecule has 17 heavy (non-hydrogen) atoms. The molecule has 0 unspecified atom stereocenters. The van der Waals surface area contributed by atoms with Crippen molar-refractivity contribution in [2.75, 3.05) is 0 Å². The van der Waals surface area contributed by atoms with E-state index in [2.05, 4.69) is 0 Å². The van der Waals surface area contributed by atoms with Gasteiger partial charge in [-0.25, -0.2) is 0 Å². The van der Waals surface area contributed by atoms with Gasteiger partial charge in [-0.05, 0) is 40.6 Å². The van der Waals surface area contributed by atoms with Gasteiger partial charge < -0.3 is 10.5 Å². The summed E-state index contributed by atoms with van der Waals surface area (Å²) < 4.78 is 5.30. The molecule has 0 aliphatic carbocycles. The predicted molar refractivity (Wildman–Crippen MR) is 66.2 cm³/mol. The zero-order valence-corrected chi connectivity index (χ0v) is 9.83. The van der Waals surface area contributed by atoms with Gasteiger partial charge in [0.1, 0.15) is 0 Å². The van der Waals surface area contributed by atoms with E-state index in [1.165, 1.54) is 0 Å². The van der Waals surface area contributed by atoms with Crippen molar-refractivity contribution in [2.24, 2.45) is 5.73 Å². The largest absolute Gasteiger partial charge is 0.372 e. The normalized spacial score (nSPS) is 14.5. The quantitative estimate of drug-likeness (QED) is 0.657. The van der Waals surface area contributed by atoms with E-state index in [1.54, 1.807) is 6.08 Å². The lowest BCUT2D eigenvalue weighted by Gasteiger charge is -2.00. The fraction of sp³-hybridized carbons (Fsp3) is 0.167. The molecule has 1 aliphatic heterocycles.